The van der Waals surface area contributed by atoms with E-state index in [1.165, 1.54) is 4.80 Å². The lowest BCUT2D eigenvalue weighted by atomic mass is 9.91. The number of rotatable bonds is 4. The van der Waals surface area contributed by atoms with E-state index in [2.05, 4.69) is 25.8 Å². The molecule has 4 N–H and O–H groups in total. The fraction of sp³-hybridized carbons (Fsp3) is 0.556. The Labute approximate surface area is 158 Å². The first-order valence-corrected chi connectivity index (χ1v) is 9.18. The van der Waals surface area contributed by atoms with Gasteiger partial charge < -0.3 is 21.1 Å². The summed E-state index contributed by atoms with van der Waals surface area (Å²) in [7, 11) is 0. The average molecular weight is 373 g/mol. The molecule has 2 atom stereocenters. The van der Waals surface area contributed by atoms with E-state index in [4.69, 9.17) is 10.5 Å². The summed E-state index contributed by atoms with van der Waals surface area (Å²) in [4.78, 5) is 17.7. The maximum absolute atomic E-state index is 12.0. The van der Waals surface area contributed by atoms with Gasteiger partial charge in [0.15, 0.2) is 5.82 Å². The van der Waals surface area contributed by atoms with E-state index in [0.29, 0.717) is 11.5 Å². The van der Waals surface area contributed by atoms with Crippen LogP contribution < -0.4 is 16.4 Å². The number of hydrogen-bond donors (Lipinski definition) is 3. The zero-order valence-electron chi connectivity index (χ0n) is 16.0. The molecule has 9 heteroatoms. The van der Waals surface area contributed by atoms with Crippen LogP contribution in [0.4, 0.5) is 16.2 Å². The molecule has 0 unspecified atom stereocenters. The standard InChI is InChI=1S/C18H27N7O2/c1-18(2,3)27-17(26)24-13-6-4-5-12(9-13)23-15-10-16(20-11-14(15)19)25-21-7-8-22-25/h7-8,10-13H,4-6,9,19H2,1-3H3,(H,20,23)(H,24,26)/t12-,13+/m1/s1. The highest BCUT2D eigenvalue weighted by Crippen LogP contribution is 2.26. The number of nitrogens with one attached hydrogen (secondary N) is 2. The van der Waals surface area contributed by atoms with Crippen molar-refractivity contribution in [2.24, 2.45) is 0 Å². The Morgan fingerprint density at radius 3 is 2.67 bits per heavy atom. The smallest absolute Gasteiger partial charge is 0.407 e. The van der Waals surface area contributed by atoms with Gasteiger partial charge in [-0.15, -0.1) is 4.80 Å². The second-order valence-corrected chi connectivity index (χ2v) is 7.80. The monoisotopic (exact) mass is 373 g/mol. The van der Waals surface area contributed by atoms with Crippen LogP contribution in [-0.2, 0) is 4.74 Å². The lowest BCUT2D eigenvalue weighted by Gasteiger charge is -2.32. The normalized spacial score (nSPS) is 20.1. The maximum Gasteiger partial charge on any atom is 0.407 e. The van der Waals surface area contributed by atoms with Gasteiger partial charge in [0, 0.05) is 18.2 Å². The van der Waals surface area contributed by atoms with Crippen LogP contribution in [0, 0.1) is 0 Å². The van der Waals surface area contributed by atoms with Gasteiger partial charge in [-0.05, 0) is 46.5 Å². The minimum absolute atomic E-state index is 0.0708. The highest BCUT2D eigenvalue weighted by molar-refractivity contribution is 5.68. The molecule has 2 heterocycles. The zero-order valence-corrected chi connectivity index (χ0v) is 16.0. The Balaban J connectivity index is 1.62. The summed E-state index contributed by atoms with van der Waals surface area (Å²) in [6.45, 7) is 5.57. The number of alkyl carbamates (subject to hydrolysis) is 1. The average Bonchev–Trinajstić information content (AvgIpc) is 3.10. The van der Waals surface area contributed by atoms with E-state index >= 15 is 0 Å². The molecule has 0 aromatic carbocycles. The minimum Gasteiger partial charge on any atom is -0.444 e. The number of aromatic nitrogens is 4. The van der Waals surface area contributed by atoms with Crippen LogP contribution in [0.25, 0.3) is 5.82 Å². The van der Waals surface area contributed by atoms with Crippen LogP contribution in [0.1, 0.15) is 46.5 Å². The number of amides is 1. The molecule has 2 aromatic rings. The summed E-state index contributed by atoms with van der Waals surface area (Å²) in [5.41, 5.74) is 6.93. The number of hydrogen-bond acceptors (Lipinski definition) is 7. The number of nitrogens with zero attached hydrogens (tertiary/aromatic N) is 4. The van der Waals surface area contributed by atoms with Crippen molar-refractivity contribution in [3.63, 3.8) is 0 Å². The van der Waals surface area contributed by atoms with E-state index < -0.39 is 5.60 Å². The van der Waals surface area contributed by atoms with Gasteiger partial charge in [-0.3, -0.25) is 0 Å². The van der Waals surface area contributed by atoms with Crippen molar-refractivity contribution in [3.05, 3.63) is 24.7 Å². The Morgan fingerprint density at radius 2 is 1.96 bits per heavy atom. The molecule has 0 saturated heterocycles. The van der Waals surface area contributed by atoms with Crippen LogP contribution in [0.5, 0.6) is 0 Å². The predicted octanol–water partition coefficient (Wildman–Crippen LogP) is 2.49. The molecule has 3 rings (SSSR count). The summed E-state index contributed by atoms with van der Waals surface area (Å²) in [5, 5.41) is 14.6. The van der Waals surface area contributed by atoms with Gasteiger partial charge in [0.2, 0.25) is 0 Å². The van der Waals surface area contributed by atoms with Crippen LogP contribution in [0.2, 0.25) is 0 Å². The zero-order chi connectivity index (χ0) is 19.4. The number of pyridine rings is 1. The molecule has 27 heavy (non-hydrogen) atoms. The minimum atomic E-state index is -0.501. The number of nitrogen functional groups attached to an aromatic ring is 1. The Morgan fingerprint density at radius 1 is 1.26 bits per heavy atom. The lowest BCUT2D eigenvalue weighted by Crippen LogP contribution is -2.43. The fourth-order valence-corrected chi connectivity index (χ4v) is 3.17. The number of anilines is 2. The van der Waals surface area contributed by atoms with Crippen molar-refractivity contribution >= 4 is 17.5 Å². The van der Waals surface area contributed by atoms with Crippen LogP contribution in [0.15, 0.2) is 24.7 Å². The molecule has 1 aliphatic rings. The first-order valence-electron chi connectivity index (χ1n) is 9.18. The Kier molecular flexibility index (Phi) is 5.48. The highest BCUT2D eigenvalue weighted by Gasteiger charge is 2.26. The molecule has 1 saturated carbocycles. The molecule has 9 nitrogen and oxygen atoms in total. The second-order valence-electron chi connectivity index (χ2n) is 7.80. The van der Waals surface area contributed by atoms with Gasteiger partial charge in [0.25, 0.3) is 0 Å². The molecule has 1 amide bonds. The van der Waals surface area contributed by atoms with Crippen LogP contribution in [-0.4, -0.2) is 43.8 Å². The van der Waals surface area contributed by atoms with E-state index in [0.717, 1.165) is 31.4 Å². The Hall–Kier alpha value is -2.84. The molecule has 0 radical (unpaired) electrons. The van der Waals surface area contributed by atoms with Crippen molar-refractivity contribution < 1.29 is 9.53 Å². The second kappa shape index (κ2) is 7.81. The molecule has 0 spiro atoms. The van der Waals surface area contributed by atoms with Crippen molar-refractivity contribution in [2.75, 3.05) is 11.1 Å². The van der Waals surface area contributed by atoms with Crippen LogP contribution >= 0.6 is 0 Å². The van der Waals surface area contributed by atoms with Crippen molar-refractivity contribution in [1.82, 2.24) is 25.3 Å². The van der Waals surface area contributed by atoms with E-state index in [9.17, 15) is 4.79 Å². The topological polar surface area (TPSA) is 120 Å². The van der Waals surface area contributed by atoms with Crippen LogP contribution in [0.3, 0.4) is 0 Å². The number of carbonyl (C=O) groups excluding carboxylic acids is 1. The first kappa shape index (κ1) is 18.9. The SMILES string of the molecule is CC(C)(C)OC(=O)N[C@H]1CCC[C@@H](Nc2cc(-n3nccn3)ncc2N)C1. The van der Waals surface area contributed by atoms with E-state index in [1.807, 2.05) is 26.8 Å². The lowest BCUT2D eigenvalue weighted by molar-refractivity contribution is 0.0492. The largest absolute Gasteiger partial charge is 0.444 e. The van der Waals surface area contributed by atoms with Gasteiger partial charge >= 0.3 is 6.09 Å². The number of nitrogens with two attached hydrogens (primary N) is 1. The molecular weight excluding hydrogens is 346 g/mol. The highest BCUT2D eigenvalue weighted by atomic mass is 16.6. The molecular formula is C18H27N7O2. The van der Waals surface area contributed by atoms with Gasteiger partial charge in [0.1, 0.15) is 5.60 Å². The van der Waals surface area contributed by atoms with E-state index in [-0.39, 0.29) is 18.2 Å². The van der Waals surface area contributed by atoms with Crippen molar-refractivity contribution in [1.29, 1.82) is 0 Å². The molecule has 0 bridgehead atoms. The Bertz CT molecular complexity index is 771. The molecule has 2 aromatic heterocycles. The molecule has 1 aliphatic carbocycles. The molecule has 1 fully saturated rings. The summed E-state index contributed by atoms with van der Waals surface area (Å²) < 4.78 is 5.35. The summed E-state index contributed by atoms with van der Waals surface area (Å²) in [6, 6.07) is 2.10. The van der Waals surface area contributed by atoms with Gasteiger partial charge in [-0.1, -0.05) is 0 Å². The van der Waals surface area contributed by atoms with Crippen molar-refractivity contribution in [2.45, 2.75) is 64.1 Å². The summed E-state index contributed by atoms with van der Waals surface area (Å²) >= 11 is 0. The first-order chi connectivity index (χ1) is 12.8. The third kappa shape index (κ3) is 5.32. The fourth-order valence-electron chi connectivity index (χ4n) is 3.17. The van der Waals surface area contributed by atoms with Crippen molar-refractivity contribution in [3.8, 4) is 5.82 Å². The maximum atomic E-state index is 12.0. The number of carbonyl (C=O) groups is 1. The molecule has 146 valence electrons. The van der Waals surface area contributed by atoms with E-state index in [1.54, 1.807) is 18.6 Å². The van der Waals surface area contributed by atoms with Gasteiger partial charge in [0.05, 0.1) is 30.0 Å². The van der Waals surface area contributed by atoms with Gasteiger partial charge in [-0.2, -0.15) is 10.2 Å². The predicted molar refractivity (Wildman–Crippen MR) is 103 cm³/mol. The third-order valence-corrected chi connectivity index (χ3v) is 4.30. The van der Waals surface area contributed by atoms with Gasteiger partial charge in [-0.25, -0.2) is 9.78 Å². The summed E-state index contributed by atoms with van der Waals surface area (Å²) in [6.07, 6.45) is 8.17. The molecule has 0 aliphatic heterocycles. The quantitative estimate of drug-likeness (QED) is 0.753. The summed E-state index contributed by atoms with van der Waals surface area (Å²) in [5.74, 6) is 0.593. The number of ether oxygens (including phenoxy) is 1. The third-order valence-electron chi connectivity index (χ3n) is 4.30.